The van der Waals surface area contributed by atoms with Crippen LogP contribution in [-0.4, -0.2) is 18.1 Å². The van der Waals surface area contributed by atoms with Crippen molar-refractivity contribution >= 4 is 16.6 Å². The Morgan fingerprint density at radius 2 is 1.80 bits per heavy atom. The van der Waals surface area contributed by atoms with Gasteiger partial charge in [-0.05, 0) is 19.3 Å². The summed E-state index contributed by atoms with van der Waals surface area (Å²) in [7, 11) is 0. The smallest absolute Gasteiger partial charge is 0.113 e. The van der Waals surface area contributed by atoms with E-state index >= 15 is 0 Å². The number of benzene rings is 1. The van der Waals surface area contributed by atoms with Crippen LogP contribution in [0.1, 0.15) is 19.3 Å². The summed E-state index contributed by atoms with van der Waals surface area (Å²) in [4.78, 5) is 5.89. The minimum atomic E-state index is 1.20. The monoisotopic (exact) mass is 200 g/mol. The molecule has 2 heteroatoms. The maximum absolute atomic E-state index is 3.41. The van der Waals surface area contributed by atoms with Crippen LogP contribution in [0.2, 0.25) is 0 Å². The first kappa shape index (κ1) is 8.84. The van der Waals surface area contributed by atoms with Crippen molar-refractivity contribution in [2.75, 3.05) is 18.0 Å². The summed E-state index contributed by atoms with van der Waals surface area (Å²) >= 11 is 0. The fourth-order valence-electron chi connectivity index (χ4n) is 2.44. The van der Waals surface area contributed by atoms with Crippen molar-refractivity contribution in [1.82, 2.24) is 4.98 Å². The predicted molar refractivity (Wildman–Crippen MR) is 64.4 cm³/mol. The number of piperidine rings is 1. The van der Waals surface area contributed by atoms with Crippen LogP contribution >= 0.6 is 0 Å². The highest BCUT2D eigenvalue weighted by atomic mass is 15.2. The first-order valence-corrected chi connectivity index (χ1v) is 5.76. The first-order valence-electron chi connectivity index (χ1n) is 5.76. The van der Waals surface area contributed by atoms with Crippen molar-refractivity contribution in [3.8, 4) is 0 Å². The number of fused-ring (bicyclic) bond motifs is 1. The van der Waals surface area contributed by atoms with Crippen LogP contribution < -0.4 is 4.90 Å². The van der Waals surface area contributed by atoms with Gasteiger partial charge >= 0.3 is 0 Å². The first-order chi connectivity index (χ1) is 7.45. The van der Waals surface area contributed by atoms with E-state index in [-0.39, 0.29) is 0 Å². The van der Waals surface area contributed by atoms with E-state index in [9.17, 15) is 0 Å². The van der Waals surface area contributed by atoms with Crippen molar-refractivity contribution in [1.29, 1.82) is 0 Å². The average Bonchev–Trinajstić information content (AvgIpc) is 2.74. The van der Waals surface area contributed by atoms with Crippen LogP contribution in [0.5, 0.6) is 0 Å². The number of nitrogens with one attached hydrogen (secondary N) is 1. The van der Waals surface area contributed by atoms with Gasteiger partial charge in [-0.15, -0.1) is 0 Å². The number of H-pyrrole nitrogens is 1. The fourth-order valence-corrected chi connectivity index (χ4v) is 2.44. The molecule has 1 aliphatic rings. The maximum Gasteiger partial charge on any atom is 0.113 e. The third-order valence-electron chi connectivity index (χ3n) is 3.25. The normalized spacial score (nSPS) is 17.2. The summed E-state index contributed by atoms with van der Waals surface area (Å²) in [5.41, 5.74) is 0. The molecule has 0 unspecified atom stereocenters. The molecule has 0 bridgehead atoms. The highest BCUT2D eigenvalue weighted by molar-refractivity contribution is 5.93. The van der Waals surface area contributed by atoms with Gasteiger partial charge in [0, 0.05) is 30.1 Å². The number of hydrogen-bond acceptors (Lipinski definition) is 1. The van der Waals surface area contributed by atoms with Crippen LogP contribution in [0.25, 0.3) is 10.8 Å². The molecule has 1 fully saturated rings. The van der Waals surface area contributed by atoms with Gasteiger partial charge in [0.25, 0.3) is 0 Å². The standard InChI is InChI=1S/C13H16N2/c1-4-8-15(9-5-1)13-12-7-3-2-6-11(12)10-14-13/h2-3,6-7,10,14H,1,4-5,8-9H2. The minimum Gasteiger partial charge on any atom is -0.358 e. The molecule has 1 aliphatic heterocycles. The van der Waals surface area contributed by atoms with Crippen molar-refractivity contribution in [3.05, 3.63) is 30.5 Å². The Morgan fingerprint density at radius 1 is 1.00 bits per heavy atom. The van der Waals surface area contributed by atoms with E-state index in [1.165, 1.54) is 48.9 Å². The zero-order valence-corrected chi connectivity index (χ0v) is 8.87. The Balaban J connectivity index is 2.02. The topological polar surface area (TPSA) is 19.0 Å². The number of aromatic nitrogens is 1. The van der Waals surface area contributed by atoms with E-state index in [0.717, 1.165) is 0 Å². The molecule has 0 aliphatic carbocycles. The molecule has 2 nitrogen and oxygen atoms in total. The zero-order chi connectivity index (χ0) is 10.1. The lowest BCUT2D eigenvalue weighted by Gasteiger charge is -2.27. The maximum atomic E-state index is 3.41. The quantitative estimate of drug-likeness (QED) is 0.749. The molecular formula is C13H16N2. The molecule has 0 spiro atoms. The molecule has 0 saturated carbocycles. The fraction of sp³-hybridized carbons (Fsp3) is 0.385. The van der Waals surface area contributed by atoms with Gasteiger partial charge in [-0.3, -0.25) is 0 Å². The second-order valence-corrected chi connectivity index (χ2v) is 4.27. The van der Waals surface area contributed by atoms with Gasteiger partial charge in [-0.2, -0.15) is 0 Å². The van der Waals surface area contributed by atoms with Gasteiger partial charge in [0.05, 0.1) is 0 Å². The SMILES string of the molecule is c1ccc2c(N3CCCCC3)[nH]cc2c1. The number of anilines is 1. The second kappa shape index (κ2) is 3.61. The molecule has 2 aromatic rings. The lowest BCUT2D eigenvalue weighted by molar-refractivity contribution is 0.575. The van der Waals surface area contributed by atoms with E-state index in [1.807, 2.05) is 0 Å². The Kier molecular flexibility index (Phi) is 2.13. The Hall–Kier alpha value is -1.44. The second-order valence-electron chi connectivity index (χ2n) is 4.27. The highest BCUT2D eigenvalue weighted by Gasteiger charge is 2.14. The molecule has 1 aromatic carbocycles. The predicted octanol–water partition coefficient (Wildman–Crippen LogP) is 3.16. The number of rotatable bonds is 1. The summed E-state index contributed by atoms with van der Waals surface area (Å²) in [6.07, 6.45) is 6.15. The number of hydrogen-bond donors (Lipinski definition) is 1. The Bertz CT molecular complexity index is 452. The van der Waals surface area contributed by atoms with Crippen molar-refractivity contribution in [2.24, 2.45) is 0 Å². The largest absolute Gasteiger partial charge is 0.358 e. The van der Waals surface area contributed by atoms with Crippen molar-refractivity contribution in [3.63, 3.8) is 0 Å². The third-order valence-corrected chi connectivity index (χ3v) is 3.25. The average molecular weight is 200 g/mol. The molecule has 1 N–H and O–H groups in total. The molecule has 0 radical (unpaired) electrons. The van der Waals surface area contributed by atoms with Crippen LogP contribution in [-0.2, 0) is 0 Å². The molecule has 1 saturated heterocycles. The third kappa shape index (κ3) is 1.50. The molecule has 3 rings (SSSR count). The molecule has 2 heterocycles. The van der Waals surface area contributed by atoms with Gasteiger partial charge in [-0.25, -0.2) is 0 Å². The van der Waals surface area contributed by atoms with Crippen molar-refractivity contribution < 1.29 is 0 Å². The van der Waals surface area contributed by atoms with Crippen LogP contribution in [0.4, 0.5) is 5.82 Å². The number of aromatic amines is 1. The van der Waals surface area contributed by atoms with Gasteiger partial charge in [0.1, 0.15) is 5.82 Å². The van der Waals surface area contributed by atoms with Crippen LogP contribution in [0.15, 0.2) is 30.5 Å². The lowest BCUT2D eigenvalue weighted by Crippen LogP contribution is -2.29. The molecule has 78 valence electrons. The summed E-state index contributed by atoms with van der Waals surface area (Å²) in [5.74, 6) is 1.31. The minimum absolute atomic E-state index is 1.20. The van der Waals surface area contributed by atoms with Crippen molar-refractivity contribution in [2.45, 2.75) is 19.3 Å². The van der Waals surface area contributed by atoms with Gasteiger partial charge in [0.15, 0.2) is 0 Å². The molecule has 1 aromatic heterocycles. The highest BCUT2D eigenvalue weighted by Crippen LogP contribution is 2.27. The summed E-state index contributed by atoms with van der Waals surface area (Å²) < 4.78 is 0. The van der Waals surface area contributed by atoms with E-state index in [1.54, 1.807) is 0 Å². The summed E-state index contributed by atoms with van der Waals surface area (Å²) in [6.45, 7) is 2.40. The van der Waals surface area contributed by atoms with E-state index in [0.29, 0.717) is 0 Å². The van der Waals surface area contributed by atoms with E-state index in [2.05, 4.69) is 40.3 Å². The molecular weight excluding hydrogens is 184 g/mol. The molecule has 0 atom stereocenters. The molecule has 0 amide bonds. The Morgan fingerprint density at radius 3 is 2.67 bits per heavy atom. The summed E-state index contributed by atoms with van der Waals surface area (Å²) in [5, 5.41) is 2.68. The van der Waals surface area contributed by atoms with Crippen LogP contribution in [0, 0.1) is 0 Å². The van der Waals surface area contributed by atoms with Gasteiger partial charge in [-0.1, -0.05) is 24.3 Å². The van der Waals surface area contributed by atoms with Gasteiger partial charge < -0.3 is 9.88 Å². The molecule has 15 heavy (non-hydrogen) atoms. The van der Waals surface area contributed by atoms with E-state index < -0.39 is 0 Å². The lowest BCUT2D eigenvalue weighted by atomic mass is 10.1. The van der Waals surface area contributed by atoms with Crippen LogP contribution in [0.3, 0.4) is 0 Å². The Labute approximate surface area is 89.9 Å². The number of nitrogens with zero attached hydrogens (tertiary/aromatic N) is 1. The summed E-state index contributed by atoms with van der Waals surface area (Å²) in [6, 6.07) is 8.58. The van der Waals surface area contributed by atoms with E-state index in [4.69, 9.17) is 0 Å². The zero-order valence-electron chi connectivity index (χ0n) is 8.87. The van der Waals surface area contributed by atoms with Gasteiger partial charge in [0.2, 0.25) is 0 Å².